The molecular formula is C10H14N2O2. The molecule has 0 bridgehead atoms. The summed E-state index contributed by atoms with van der Waals surface area (Å²) in [5.41, 5.74) is 5.48. The molecule has 0 aliphatic heterocycles. The van der Waals surface area contributed by atoms with Crippen LogP contribution in [0.4, 0.5) is 10.5 Å². The van der Waals surface area contributed by atoms with Gasteiger partial charge in [0, 0.05) is 5.69 Å². The normalized spacial score (nSPS) is 11.1. The second-order valence-corrected chi connectivity index (χ2v) is 3.63. The number of aliphatic hydroxyl groups is 1. The van der Waals surface area contributed by atoms with E-state index in [9.17, 15) is 9.90 Å². The minimum atomic E-state index is -0.870. The Morgan fingerprint density at radius 2 is 1.86 bits per heavy atom. The highest BCUT2D eigenvalue weighted by Gasteiger charge is 2.14. The topological polar surface area (TPSA) is 75.3 Å². The van der Waals surface area contributed by atoms with Crippen molar-refractivity contribution in [3.8, 4) is 0 Å². The molecule has 4 heteroatoms. The van der Waals surface area contributed by atoms with Gasteiger partial charge in [0.05, 0.1) is 5.60 Å². The molecule has 1 aromatic rings. The lowest BCUT2D eigenvalue weighted by molar-refractivity contribution is 0.0786. The molecule has 4 nitrogen and oxygen atoms in total. The summed E-state index contributed by atoms with van der Waals surface area (Å²) >= 11 is 0. The lowest BCUT2D eigenvalue weighted by Gasteiger charge is -2.17. The van der Waals surface area contributed by atoms with Crippen LogP contribution in [0.2, 0.25) is 0 Å². The molecule has 0 atom stereocenters. The first-order valence-electron chi connectivity index (χ1n) is 4.29. The Balaban J connectivity index is 2.84. The highest BCUT2D eigenvalue weighted by atomic mass is 16.3. The van der Waals surface area contributed by atoms with Crippen LogP contribution in [0.5, 0.6) is 0 Å². The van der Waals surface area contributed by atoms with Crippen molar-refractivity contribution >= 4 is 11.7 Å². The van der Waals surface area contributed by atoms with E-state index >= 15 is 0 Å². The maximum atomic E-state index is 10.5. The molecule has 0 unspecified atom stereocenters. The van der Waals surface area contributed by atoms with Crippen LogP contribution in [0.25, 0.3) is 0 Å². The summed E-state index contributed by atoms with van der Waals surface area (Å²) in [5.74, 6) is 0. The maximum absolute atomic E-state index is 10.5. The quantitative estimate of drug-likeness (QED) is 0.665. The molecule has 1 rings (SSSR count). The van der Waals surface area contributed by atoms with E-state index in [-0.39, 0.29) is 0 Å². The molecule has 14 heavy (non-hydrogen) atoms. The minimum absolute atomic E-state index is 0.596. The van der Waals surface area contributed by atoms with Crippen molar-refractivity contribution in [3.63, 3.8) is 0 Å². The Bertz CT molecular complexity index is 325. The number of carbonyl (C=O) groups is 1. The minimum Gasteiger partial charge on any atom is -0.386 e. The van der Waals surface area contributed by atoms with Gasteiger partial charge in [0.25, 0.3) is 0 Å². The number of carbonyl (C=O) groups excluding carboxylic acids is 1. The first-order valence-corrected chi connectivity index (χ1v) is 4.29. The second kappa shape index (κ2) is 3.67. The Kier molecular flexibility index (Phi) is 2.76. The van der Waals surface area contributed by atoms with Crippen molar-refractivity contribution in [2.45, 2.75) is 19.4 Å². The van der Waals surface area contributed by atoms with Crippen LogP contribution in [0.1, 0.15) is 19.4 Å². The number of amides is 2. The Hall–Kier alpha value is -1.55. The SMILES string of the molecule is CC(C)(O)c1ccc(NC(N)=O)cc1. The van der Waals surface area contributed by atoms with Crippen LogP contribution in [-0.4, -0.2) is 11.1 Å². The molecule has 0 fully saturated rings. The summed E-state index contributed by atoms with van der Waals surface area (Å²) in [6.07, 6.45) is 0. The fourth-order valence-electron chi connectivity index (χ4n) is 1.10. The molecule has 0 heterocycles. The van der Waals surface area contributed by atoms with Crippen LogP contribution < -0.4 is 11.1 Å². The Labute approximate surface area is 82.7 Å². The molecule has 0 aliphatic rings. The summed E-state index contributed by atoms with van der Waals surface area (Å²) in [6.45, 7) is 3.40. The molecule has 0 aromatic heterocycles. The van der Waals surface area contributed by atoms with Gasteiger partial charge in [-0.1, -0.05) is 12.1 Å². The molecule has 4 N–H and O–H groups in total. The van der Waals surface area contributed by atoms with Crippen molar-refractivity contribution in [1.29, 1.82) is 0 Å². The number of primary amides is 1. The van der Waals surface area contributed by atoms with Gasteiger partial charge in [-0.25, -0.2) is 4.79 Å². The third-order valence-corrected chi connectivity index (χ3v) is 1.86. The molecule has 1 aromatic carbocycles. The fraction of sp³-hybridized carbons (Fsp3) is 0.300. The van der Waals surface area contributed by atoms with Gasteiger partial charge < -0.3 is 16.2 Å². The van der Waals surface area contributed by atoms with E-state index in [0.717, 1.165) is 5.56 Å². The maximum Gasteiger partial charge on any atom is 0.316 e. The van der Waals surface area contributed by atoms with E-state index in [1.54, 1.807) is 38.1 Å². The summed E-state index contributed by atoms with van der Waals surface area (Å²) in [6, 6.07) is 6.27. The van der Waals surface area contributed by atoms with E-state index in [1.165, 1.54) is 0 Å². The smallest absolute Gasteiger partial charge is 0.316 e. The van der Waals surface area contributed by atoms with Crippen molar-refractivity contribution in [1.82, 2.24) is 0 Å². The van der Waals surface area contributed by atoms with Crippen molar-refractivity contribution in [2.24, 2.45) is 5.73 Å². The monoisotopic (exact) mass is 194 g/mol. The molecule has 0 saturated carbocycles. The van der Waals surface area contributed by atoms with Crippen LogP contribution in [0.15, 0.2) is 24.3 Å². The molecule has 0 aliphatic carbocycles. The second-order valence-electron chi connectivity index (χ2n) is 3.63. The van der Waals surface area contributed by atoms with Gasteiger partial charge in [0.15, 0.2) is 0 Å². The lowest BCUT2D eigenvalue weighted by Crippen LogP contribution is -2.19. The third-order valence-electron chi connectivity index (χ3n) is 1.86. The zero-order valence-corrected chi connectivity index (χ0v) is 8.24. The average molecular weight is 194 g/mol. The molecule has 76 valence electrons. The highest BCUT2D eigenvalue weighted by molar-refractivity contribution is 5.87. The van der Waals surface area contributed by atoms with E-state index in [0.29, 0.717) is 5.69 Å². The van der Waals surface area contributed by atoms with Crippen LogP contribution in [0, 0.1) is 0 Å². The van der Waals surface area contributed by atoms with E-state index in [2.05, 4.69) is 5.32 Å². The van der Waals surface area contributed by atoms with Crippen molar-refractivity contribution in [3.05, 3.63) is 29.8 Å². The van der Waals surface area contributed by atoms with Gasteiger partial charge in [-0.15, -0.1) is 0 Å². The van der Waals surface area contributed by atoms with Gasteiger partial charge in [-0.3, -0.25) is 0 Å². The molecule has 0 radical (unpaired) electrons. The third kappa shape index (κ3) is 2.74. The number of rotatable bonds is 2. The van der Waals surface area contributed by atoms with Gasteiger partial charge in [0.1, 0.15) is 0 Å². The van der Waals surface area contributed by atoms with Gasteiger partial charge in [0.2, 0.25) is 0 Å². The van der Waals surface area contributed by atoms with Crippen molar-refractivity contribution < 1.29 is 9.90 Å². The summed E-state index contributed by atoms with van der Waals surface area (Å²) in [7, 11) is 0. The van der Waals surface area contributed by atoms with E-state index < -0.39 is 11.6 Å². The van der Waals surface area contributed by atoms with Crippen LogP contribution >= 0.6 is 0 Å². The predicted molar refractivity (Wildman–Crippen MR) is 54.9 cm³/mol. The number of nitrogens with two attached hydrogens (primary N) is 1. The predicted octanol–water partition coefficient (Wildman–Crippen LogP) is 1.40. The molecule has 0 spiro atoms. The van der Waals surface area contributed by atoms with E-state index in [4.69, 9.17) is 5.73 Å². The number of urea groups is 1. The first kappa shape index (κ1) is 10.5. The van der Waals surface area contributed by atoms with Crippen LogP contribution in [0.3, 0.4) is 0 Å². The lowest BCUT2D eigenvalue weighted by atomic mass is 9.98. The number of hydrogen-bond donors (Lipinski definition) is 3. The van der Waals surface area contributed by atoms with Gasteiger partial charge in [-0.05, 0) is 31.5 Å². The standard InChI is InChI=1S/C10H14N2O2/c1-10(2,14)7-3-5-8(6-4-7)12-9(11)13/h3-6,14H,1-2H3,(H3,11,12,13). The number of hydrogen-bond acceptors (Lipinski definition) is 2. The number of anilines is 1. The van der Waals surface area contributed by atoms with Crippen molar-refractivity contribution in [2.75, 3.05) is 5.32 Å². The van der Waals surface area contributed by atoms with Gasteiger partial charge in [-0.2, -0.15) is 0 Å². The number of benzene rings is 1. The zero-order chi connectivity index (χ0) is 10.8. The Morgan fingerprint density at radius 1 is 1.36 bits per heavy atom. The fourth-order valence-corrected chi connectivity index (χ4v) is 1.10. The summed E-state index contributed by atoms with van der Waals surface area (Å²) in [4.78, 5) is 10.5. The summed E-state index contributed by atoms with van der Waals surface area (Å²) < 4.78 is 0. The largest absolute Gasteiger partial charge is 0.386 e. The summed E-state index contributed by atoms with van der Waals surface area (Å²) in [5, 5.41) is 12.1. The zero-order valence-electron chi connectivity index (χ0n) is 8.24. The van der Waals surface area contributed by atoms with E-state index in [1.807, 2.05) is 0 Å². The van der Waals surface area contributed by atoms with Gasteiger partial charge >= 0.3 is 6.03 Å². The Morgan fingerprint density at radius 3 is 2.21 bits per heavy atom. The molecular weight excluding hydrogens is 180 g/mol. The number of nitrogens with one attached hydrogen (secondary N) is 1. The van der Waals surface area contributed by atoms with Crippen LogP contribution in [-0.2, 0) is 5.60 Å². The average Bonchev–Trinajstić information content (AvgIpc) is 2.02. The highest BCUT2D eigenvalue weighted by Crippen LogP contribution is 2.20. The molecule has 0 saturated heterocycles. The molecule has 2 amide bonds. The first-order chi connectivity index (χ1) is 6.39.